The average Bonchev–Trinajstić information content (AvgIpc) is 3.17. The summed E-state index contributed by atoms with van der Waals surface area (Å²) in [6.45, 7) is 5.25. The van der Waals surface area contributed by atoms with Crippen LogP contribution in [-0.2, 0) is 26.1 Å². The topological polar surface area (TPSA) is 74.7 Å². The highest BCUT2D eigenvalue weighted by Crippen LogP contribution is 2.29. The molecule has 0 fully saturated rings. The molecule has 1 aromatic carbocycles. The fraction of sp³-hybridized carbons (Fsp3) is 0.450. The highest BCUT2D eigenvalue weighted by Gasteiger charge is 2.22. The monoisotopic (exact) mass is 355 g/mol. The van der Waals surface area contributed by atoms with E-state index in [1.807, 2.05) is 22.9 Å². The van der Waals surface area contributed by atoms with Crippen LogP contribution in [0.4, 0.5) is 0 Å². The van der Waals surface area contributed by atoms with E-state index in [9.17, 15) is 5.11 Å². The Hall–Kier alpha value is -2.15. The Kier molecular flexibility index (Phi) is 4.80. The van der Waals surface area contributed by atoms with Crippen LogP contribution in [0.25, 0.3) is 11.0 Å². The lowest BCUT2D eigenvalue weighted by molar-refractivity contribution is 0.0916. The highest BCUT2D eigenvalue weighted by atomic mass is 16.3. The maximum absolute atomic E-state index is 9.86. The summed E-state index contributed by atoms with van der Waals surface area (Å²) in [5.74, 6) is 1.06. The minimum Gasteiger partial charge on any atom is -0.461 e. The van der Waals surface area contributed by atoms with Gasteiger partial charge in [-0.15, -0.1) is 0 Å². The number of para-hydroxylation sites is 1. The first-order valence-electron chi connectivity index (χ1n) is 9.26. The molecule has 6 nitrogen and oxygen atoms in total. The zero-order valence-electron chi connectivity index (χ0n) is 15.1. The lowest BCUT2D eigenvalue weighted by atomic mass is 10.1. The quantitative estimate of drug-likeness (QED) is 0.736. The molecule has 0 saturated heterocycles. The molecule has 0 radical (unpaired) electrons. The first-order chi connectivity index (χ1) is 12.7. The van der Waals surface area contributed by atoms with Crippen LogP contribution >= 0.6 is 0 Å². The average molecular weight is 355 g/mol. The molecule has 2 aromatic heterocycles. The van der Waals surface area contributed by atoms with Gasteiger partial charge in [-0.25, -0.2) is 0 Å². The van der Waals surface area contributed by atoms with E-state index in [0.717, 1.165) is 56.1 Å². The lowest BCUT2D eigenvalue weighted by Gasteiger charge is -2.19. The summed E-state index contributed by atoms with van der Waals surface area (Å²) in [5.41, 5.74) is 3.85. The molecule has 0 amide bonds. The number of aliphatic hydroxyl groups is 2. The second-order valence-electron chi connectivity index (χ2n) is 6.90. The van der Waals surface area contributed by atoms with Gasteiger partial charge in [-0.2, -0.15) is 5.10 Å². The third-order valence-electron chi connectivity index (χ3n) is 5.11. The van der Waals surface area contributed by atoms with Gasteiger partial charge in [0.1, 0.15) is 17.4 Å². The van der Waals surface area contributed by atoms with Crippen LogP contribution in [0.1, 0.15) is 42.2 Å². The fourth-order valence-electron chi connectivity index (χ4n) is 3.77. The zero-order valence-corrected chi connectivity index (χ0v) is 15.1. The Morgan fingerprint density at radius 1 is 1.27 bits per heavy atom. The van der Waals surface area contributed by atoms with Crippen molar-refractivity contribution in [1.29, 1.82) is 0 Å². The van der Waals surface area contributed by atoms with Crippen LogP contribution in [-0.4, -0.2) is 38.0 Å². The summed E-state index contributed by atoms with van der Waals surface area (Å²) >= 11 is 0. The normalized spacial score (nSPS) is 16.6. The summed E-state index contributed by atoms with van der Waals surface area (Å²) in [6, 6.07) is 10.1. The summed E-state index contributed by atoms with van der Waals surface area (Å²) in [4.78, 5) is 2.41. The van der Waals surface area contributed by atoms with Crippen LogP contribution in [0.5, 0.6) is 0 Å². The van der Waals surface area contributed by atoms with Crippen molar-refractivity contribution < 1.29 is 14.6 Å². The van der Waals surface area contributed by atoms with Gasteiger partial charge in [0.25, 0.3) is 0 Å². The molecule has 1 atom stereocenters. The largest absolute Gasteiger partial charge is 0.461 e. The third kappa shape index (κ3) is 3.16. The van der Waals surface area contributed by atoms with Crippen LogP contribution in [0.3, 0.4) is 0 Å². The second-order valence-corrected chi connectivity index (χ2v) is 6.90. The molecule has 26 heavy (non-hydrogen) atoms. The van der Waals surface area contributed by atoms with E-state index in [-0.39, 0.29) is 6.61 Å². The van der Waals surface area contributed by atoms with Gasteiger partial charge in [0.05, 0.1) is 18.0 Å². The van der Waals surface area contributed by atoms with E-state index in [0.29, 0.717) is 5.69 Å². The molecule has 0 spiro atoms. The lowest BCUT2D eigenvalue weighted by Crippen LogP contribution is -2.23. The van der Waals surface area contributed by atoms with Crippen molar-refractivity contribution in [1.82, 2.24) is 14.7 Å². The smallest absolute Gasteiger partial charge is 0.134 e. The van der Waals surface area contributed by atoms with E-state index in [1.54, 1.807) is 0 Å². The van der Waals surface area contributed by atoms with E-state index < -0.39 is 6.10 Å². The van der Waals surface area contributed by atoms with Crippen LogP contribution in [0, 0.1) is 0 Å². The van der Waals surface area contributed by atoms with E-state index >= 15 is 0 Å². The van der Waals surface area contributed by atoms with Crippen LogP contribution < -0.4 is 0 Å². The summed E-state index contributed by atoms with van der Waals surface area (Å²) in [5, 5.41) is 24.7. The number of hydrogen-bond acceptors (Lipinski definition) is 5. The molecule has 2 N–H and O–H groups in total. The van der Waals surface area contributed by atoms with Crippen molar-refractivity contribution in [2.24, 2.45) is 0 Å². The molecule has 1 aliphatic heterocycles. The number of nitrogens with zero attached hydrogens (tertiary/aromatic N) is 3. The van der Waals surface area contributed by atoms with Crippen molar-refractivity contribution in [2.75, 3.05) is 13.2 Å². The molecule has 0 bridgehead atoms. The number of benzene rings is 1. The number of aryl methyl sites for hydroxylation is 2. The highest BCUT2D eigenvalue weighted by molar-refractivity contribution is 5.82. The zero-order chi connectivity index (χ0) is 18.1. The van der Waals surface area contributed by atoms with Gasteiger partial charge in [0.2, 0.25) is 0 Å². The molecule has 3 heterocycles. The minimum atomic E-state index is -0.910. The standard InChI is InChI=1S/C20H25N3O3/c1-2-19-16(15-6-3-4-7-20(15)26-19)12-22-8-5-9-23-14(11-22)10-17(21-23)18(25)13-24/h3-4,6-7,10,18,24-25H,2,5,8-9,11-13H2,1H3/t18-/m1/s1. The van der Waals surface area contributed by atoms with Crippen LogP contribution in [0.15, 0.2) is 34.7 Å². The van der Waals surface area contributed by atoms with E-state index in [2.05, 4.69) is 29.1 Å². The van der Waals surface area contributed by atoms with Gasteiger partial charge >= 0.3 is 0 Å². The predicted molar refractivity (Wildman–Crippen MR) is 98.6 cm³/mol. The van der Waals surface area contributed by atoms with Crippen molar-refractivity contribution in [3.8, 4) is 0 Å². The van der Waals surface area contributed by atoms with Crippen LogP contribution in [0.2, 0.25) is 0 Å². The summed E-state index contributed by atoms with van der Waals surface area (Å²) in [7, 11) is 0. The molecule has 0 saturated carbocycles. The number of rotatable bonds is 5. The number of furan rings is 1. The van der Waals surface area contributed by atoms with Crippen molar-refractivity contribution in [3.63, 3.8) is 0 Å². The van der Waals surface area contributed by atoms with E-state index in [1.165, 1.54) is 10.9 Å². The third-order valence-corrected chi connectivity index (χ3v) is 5.11. The summed E-state index contributed by atoms with van der Waals surface area (Å²) < 4.78 is 8.00. The Bertz CT molecular complexity index is 899. The SMILES string of the molecule is CCc1oc2ccccc2c1CN1CCCn2nc([C@H](O)CO)cc2C1. The maximum Gasteiger partial charge on any atom is 0.134 e. The van der Waals surface area contributed by atoms with E-state index in [4.69, 9.17) is 9.52 Å². The van der Waals surface area contributed by atoms with Gasteiger partial charge in [0, 0.05) is 43.5 Å². The number of aliphatic hydroxyl groups excluding tert-OH is 2. The first-order valence-corrected chi connectivity index (χ1v) is 9.26. The molecule has 6 heteroatoms. The molecular weight excluding hydrogens is 330 g/mol. The Morgan fingerprint density at radius 3 is 2.92 bits per heavy atom. The van der Waals surface area contributed by atoms with Gasteiger partial charge in [0.15, 0.2) is 0 Å². The minimum absolute atomic E-state index is 0.305. The predicted octanol–water partition coefficient (Wildman–Crippen LogP) is 2.62. The second kappa shape index (κ2) is 7.23. The fourth-order valence-corrected chi connectivity index (χ4v) is 3.77. The Morgan fingerprint density at radius 2 is 2.12 bits per heavy atom. The molecule has 0 unspecified atom stereocenters. The van der Waals surface area contributed by atoms with Crippen molar-refractivity contribution in [2.45, 2.75) is 45.5 Å². The van der Waals surface area contributed by atoms with Crippen molar-refractivity contribution in [3.05, 3.63) is 53.0 Å². The Labute approximate surface area is 152 Å². The first kappa shape index (κ1) is 17.3. The van der Waals surface area contributed by atoms with Gasteiger partial charge in [-0.05, 0) is 18.6 Å². The molecule has 0 aliphatic carbocycles. The number of fused-ring (bicyclic) bond motifs is 2. The summed E-state index contributed by atoms with van der Waals surface area (Å²) in [6.07, 6.45) is 0.968. The Balaban J connectivity index is 1.60. The molecule has 3 aromatic rings. The molecule has 138 valence electrons. The van der Waals surface area contributed by atoms with Crippen molar-refractivity contribution >= 4 is 11.0 Å². The number of hydrogen-bond donors (Lipinski definition) is 2. The van der Waals surface area contributed by atoms with Gasteiger partial charge in [-0.1, -0.05) is 25.1 Å². The molecular formula is C20H25N3O3. The van der Waals surface area contributed by atoms with Gasteiger partial charge < -0.3 is 14.6 Å². The number of aromatic nitrogens is 2. The van der Waals surface area contributed by atoms with Gasteiger partial charge in [-0.3, -0.25) is 9.58 Å². The molecule has 1 aliphatic rings. The maximum atomic E-state index is 9.86. The molecule has 4 rings (SSSR count).